The Morgan fingerprint density at radius 2 is 2.15 bits per heavy atom. The van der Waals surface area contributed by atoms with E-state index in [9.17, 15) is 13.5 Å². The van der Waals surface area contributed by atoms with E-state index in [4.69, 9.17) is 4.74 Å². The fourth-order valence-corrected chi connectivity index (χ4v) is 3.87. The van der Waals surface area contributed by atoms with Crippen LogP contribution in [0.2, 0.25) is 0 Å². The van der Waals surface area contributed by atoms with Gasteiger partial charge in [-0.2, -0.15) is 0 Å². The van der Waals surface area contributed by atoms with Crippen LogP contribution in [-0.2, 0) is 16.4 Å². The molecule has 2 fully saturated rings. The topological polar surface area (TPSA) is 88.5 Å². The summed E-state index contributed by atoms with van der Waals surface area (Å²) < 4.78 is 28.3. The first-order valence-corrected chi connectivity index (χ1v) is 8.57. The largest absolute Gasteiger partial charge is 0.485 e. The molecule has 2 aliphatic rings. The van der Waals surface area contributed by atoms with Gasteiger partial charge in [0.25, 0.3) is 0 Å². The van der Waals surface area contributed by atoms with Crippen LogP contribution in [0.4, 0.5) is 0 Å². The first-order chi connectivity index (χ1) is 9.52. The lowest BCUT2D eigenvalue weighted by atomic mass is 10.2. The molecule has 1 aliphatic carbocycles. The molecule has 1 aromatic rings. The summed E-state index contributed by atoms with van der Waals surface area (Å²) in [6.45, 7) is 0.728. The van der Waals surface area contributed by atoms with Gasteiger partial charge in [-0.05, 0) is 25.0 Å². The van der Waals surface area contributed by atoms with E-state index in [1.807, 2.05) is 6.07 Å². The minimum atomic E-state index is -3.19. The second-order valence-corrected chi connectivity index (χ2v) is 7.59. The minimum Gasteiger partial charge on any atom is -0.485 e. The van der Waals surface area contributed by atoms with E-state index in [2.05, 4.69) is 10.3 Å². The van der Waals surface area contributed by atoms with Crippen LogP contribution < -0.4 is 10.1 Å². The van der Waals surface area contributed by atoms with Gasteiger partial charge in [0, 0.05) is 12.6 Å². The van der Waals surface area contributed by atoms with Gasteiger partial charge >= 0.3 is 0 Å². The number of aromatic nitrogens is 1. The van der Waals surface area contributed by atoms with Crippen molar-refractivity contribution in [3.8, 4) is 5.75 Å². The molecular formula is C13H18N2O4S. The number of aliphatic hydroxyl groups is 1. The van der Waals surface area contributed by atoms with Crippen molar-refractivity contribution in [2.75, 3.05) is 11.5 Å². The molecule has 2 atom stereocenters. The Bertz CT molecular complexity index is 569. The molecule has 1 saturated carbocycles. The van der Waals surface area contributed by atoms with Gasteiger partial charge in [0.15, 0.2) is 9.84 Å². The fraction of sp³-hybridized carbons (Fsp3) is 0.615. The fourth-order valence-electron chi connectivity index (χ4n) is 2.21. The van der Waals surface area contributed by atoms with E-state index in [1.54, 1.807) is 12.3 Å². The maximum absolute atomic E-state index is 11.4. The molecule has 1 saturated heterocycles. The standard InChI is InChI=1S/C13H18N2O4S/c16-12-7-20(17,18)8-13(12)19-11-4-3-10(15-6-11)5-14-9-1-2-9/h3-4,6,9,12-14,16H,1-2,5,7-8H2. The molecule has 3 rings (SSSR count). The van der Waals surface area contributed by atoms with E-state index in [1.165, 1.54) is 12.8 Å². The van der Waals surface area contributed by atoms with Crippen LogP contribution in [0.15, 0.2) is 18.3 Å². The van der Waals surface area contributed by atoms with Gasteiger partial charge in [-0.25, -0.2) is 8.42 Å². The zero-order valence-corrected chi connectivity index (χ0v) is 11.8. The van der Waals surface area contributed by atoms with Crippen molar-refractivity contribution in [1.29, 1.82) is 0 Å². The predicted molar refractivity (Wildman–Crippen MR) is 73.2 cm³/mol. The molecule has 2 heterocycles. The SMILES string of the molecule is O=S1(=O)CC(O)C(Oc2ccc(CNC3CC3)nc2)C1. The Hall–Kier alpha value is -1.18. The van der Waals surface area contributed by atoms with Crippen LogP contribution in [0.25, 0.3) is 0 Å². The highest BCUT2D eigenvalue weighted by Gasteiger charge is 2.38. The summed E-state index contributed by atoms with van der Waals surface area (Å²) in [5, 5.41) is 13.0. The summed E-state index contributed by atoms with van der Waals surface area (Å²) in [5.74, 6) is 0.120. The highest BCUT2D eigenvalue weighted by molar-refractivity contribution is 7.91. The van der Waals surface area contributed by atoms with Crippen LogP contribution in [0.3, 0.4) is 0 Å². The average Bonchev–Trinajstić information content (AvgIpc) is 3.16. The summed E-state index contributed by atoms with van der Waals surface area (Å²) in [6.07, 6.45) is 2.37. The van der Waals surface area contributed by atoms with Crippen molar-refractivity contribution in [3.63, 3.8) is 0 Å². The van der Waals surface area contributed by atoms with E-state index in [-0.39, 0.29) is 11.5 Å². The van der Waals surface area contributed by atoms with Crippen LogP contribution in [-0.4, -0.2) is 48.3 Å². The lowest BCUT2D eigenvalue weighted by molar-refractivity contribution is 0.0735. The summed E-state index contributed by atoms with van der Waals surface area (Å²) in [5.41, 5.74) is 0.920. The molecule has 2 unspecified atom stereocenters. The number of nitrogens with one attached hydrogen (secondary N) is 1. The number of hydrogen-bond donors (Lipinski definition) is 2. The molecule has 1 aliphatic heterocycles. The Labute approximate surface area is 118 Å². The molecule has 6 nitrogen and oxygen atoms in total. The van der Waals surface area contributed by atoms with E-state index < -0.39 is 22.0 Å². The first-order valence-electron chi connectivity index (χ1n) is 6.75. The molecule has 0 radical (unpaired) electrons. The number of rotatable bonds is 5. The molecule has 2 N–H and O–H groups in total. The summed E-state index contributed by atoms with van der Waals surface area (Å²) in [6, 6.07) is 4.24. The lowest BCUT2D eigenvalue weighted by Crippen LogP contribution is -2.29. The Morgan fingerprint density at radius 1 is 1.35 bits per heavy atom. The quantitative estimate of drug-likeness (QED) is 0.787. The molecule has 0 amide bonds. The van der Waals surface area contributed by atoms with Crippen molar-refractivity contribution >= 4 is 9.84 Å². The van der Waals surface area contributed by atoms with Crippen molar-refractivity contribution in [3.05, 3.63) is 24.0 Å². The minimum absolute atomic E-state index is 0.140. The highest BCUT2D eigenvalue weighted by atomic mass is 32.2. The summed E-state index contributed by atoms with van der Waals surface area (Å²) >= 11 is 0. The second kappa shape index (κ2) is 5.31. The molecule has 110 valence electrons. The van der Waals surface area contributed by atoms with E-state index in [0.29, 0.717) is 11.8 Å². The summed E-state index contributed by atoms with van der Waals surface area (Å²) in [7, 11) is -3.19. The Kier molecular flexibility index (Phi) is 3.66. The lowest BCUT2D eigenvalue weighted by Gasteiger charge is -2.15. The van der Waals surface area contributed by atoms with Gasteiger partial charge in [0.2, 0.25) is 0 Å². The number of ether oxygens (including phenoxy) is 1. The third kappa shape index (κ3) is 3.47. The van der Waals surface area contributed by atoms with Crippen LogP contribution in [0, 0.1) is 0 Å². The Balaban J connectivity index is 1.57. The predicted octanol–water partition coefficient (Wildman–Crippen LogP) is -0.130. The second-order valence-electron chi connectivity index (χ2n) is 5.44. The summed E-state index contributed by atoms with van der Waals surface area (Å²) in [4.78, 5) is 4.26. The zero-order valence-electron chi connectivity index (χ0n) is 11.0. The van der Waals surface area contributed by atoms with E-state index in [0.717, 1.165) is 12.2 Å². The van der Waals surface area contributed by atoms with Gasteiger partial charge in [-0.3, -0.25) is 4.98 Å². The molecular weight excluding hydrogens is 280 g/mol. The van der Waals surface area contributed by atoms with Crippen molar-refractivity contribution in [1.82, 2.24) is 10.3 Å². The van der Waals surface area contributed by atoms with Gasteiger partial charge in [0.1, 0.15) is 18.0 Å². The number of hydrogen-bond acceptors (Lipinski definition) is 6. The average molecular weight is 298 g/mol. The smallest absolute Gasteiger partial charge is 0.156 e. The van der Waals surface area contributed by atoms with Crippen molar-refractivity contribution < 1.29 is 18.3 Å². The van der Waals surface area contributed by atoms with E-state index >= 15 is 0 Å². The third-order valence-corrected chi connectivity index (χ3v) is 5.19. The highest BCUT2D eigenvalue weighted by Crippen LogP contribution is 2.21. The molecule has 0 aromatic carbocycles. The normalized spacial score (nSPS) is 28.4. The molecule has 1 aromatic heterocycles. The van der Waals surface area contributed by atoms with Crippen molar-refractivity contribution in [2.45, 2.75) is 37.6 Å². The van der Waals surface area contributed by atoms with Crippen LogP contribution >= 0.6 is 0 Å². The number of aliphatic hydroxyl groups excluding tert-OH is 1. The number of nitrogens with zero attached hydrogens (tertiary/aromatic N) is 1. The van der Waals surface area contributed by atoms with Crippen molar-refractivity contribution in [2.24, 2.45) is 0 Å². The van der Waals surface area contributed by atoms with Gasteiger partial charge < -0.3 is 15.2 Å². The number of sulfone groups is 1. The van der Waals surface area contributed by atoms with Crippen LogP contribution in [0.5, 0.6) is 5.75 Å². The first kappa shape index (κ1) is 13.8. The van der Waals surface area contributed by atoms with Crippen LogP contribution in [0.1, 0.15) is 18.5 Å². The third-order valence-electron chi connectivity index (χ3n) is 3.51. The maximum atomic E-state index is 11.4. The molecule has 20 heavy (non-hydrogen) atoms. The molecule has 0 bridgehead atoms. The zero-order chi connectivity index (χ0) is 14.2. The Morgan fingerprint density at radius 3 is 2.70 bits per heavy atom. The van der Waals surface area contributed by atoms with Gasteiger partial charge in [0.05, 0.1) is 23.4 Å². The van der Waals surface area contributed by atoms with Gasteiger partial charge in [-0.1, -0.05) is 0 Å². The monoisotopic (exact) mass is 298 g/mol. The maximum Gasteiger partial charge on any atom is 0.156 e. The van der Waals surface area contributed by atoms with Gasteiger partial charge in [-0.15, -0.1) is 0 Å². The molecule has 7 heteroatoms. The number of pyridine rings is 1. The molecule has 0 spiro atoms.